The van der Waals surface area contributed by atoms with Crippen molar-refractivity contribution in [1.82, 2.24) is 0 Å². The first-order valence-electron chi connectivity index (χ1n) is 8.81. The van der Waals surface area contributed by atoms with E-state index < -0.39 is 5.41 Å². The standard InChI is InChI=1S/C22H22O5/c1-5-25-15-8-6-14(7-9-15)12-19-20(23)17-11-10-16(13-18(17)27-19)26-21(24)22(2,3)4/h6-13H,5H2,1-4H3/b19-12-. The van der Waals surface area contributed by atoms with Gasteiger partial charge in [0, 0.05) is 6.07 Å². The highest BCUT2D eigenvalue weighted by Crippen LogP contribution is 2.35. The monoisotopic (exact) mass is 366 g/mol. The number of carbonyl (C=O) groups excluding carboxylic acids is 2. The first-order valence-corrected chi connectivity index (χ1v) is 8.81. The fraction of sp³-hybridized carbons (Fsp3) is 0.273. The molecule has 2 aromatic rings. The zero-order valence-electron chi connectivity index (χ0n) is 15.9. The molecule has 0 bridgehead atoms. The van der Waals surface area contributed by atoms with E-state index in [4.69, 9.17) is 14.2 Å². The summed E-state index contributed by atoms with van der Waals surface area (Å²) in [5.41, 5.74) is 0.658. The van der Waals surface area contributed by atoms with Gasteiger partial charge in [-0.15, -0.1) is 0 Å². The number of carbonyl (C=O) groups is 2. The maximum Gasteiger partial charge on any atom is 0.316 e. The number of hydrogen-bond acceptors (Lipinski definition) is 5. The molecule has 5 nitrogen and oxygen atoms in total. The predicted molar refractivity (Wildman–Crippen MR) is 102 cm³/mol. The number of ketones is 1. The van der Waals surface area contributed by atoms with E-state index in [1.165, 1.54) is 0 Å². The van der Waals surface area contributed by atoms with E-state index in [9.17, 15) is 9.59 Å². The lowest BCUT2D eigenvalue weighted by Gasteiger charge is -2.16. The Kier molecular flexibility index (Phi) is 5.04. The molecule has 1 heterocycles. The van der Waals surface area contributed by atoms with Gasteiger partial charge in [-0.3, -0.25) is 9.59 Å². The van der Waals surface area contributed by atoms with Crippen molar-refractivity contribution < 1.29 is 23.8 Å². The highest BCUT2D eigenvalue weighted by Gasteiger charge is 2.29. The van der Waals surface area contributed by atoms with Gasteiger partial charge in [-0.2, -0.15) is 0 Å². The fourth-order valence-electron chi connectivity index (χ4n) is 2.47. The summed E-state index contributed by atoms with van der Waals surface area (Å²) in [6.45, 7) is 7.85. The molecule has 0 aliphatic carbocycles. The summed E-state index contributed by atoms with van der Waals surface area (Å²) < 4.78 is 16.5. The smallest absolute Gasteiger partial charge is 0.316 e. The van der Waals surface area contributed by atoms with Crippen LogP contribution in [-0.2, 0) is 4.79 Å². The minimum Gasteiger partial charge on any atom is -0.494 e. The fourth-order valence-corrected chi connectivity index (χ4v) is 2.47. The second-order valence-corrected chi connectivity index (χ2v) is 7.24. The molecule has 0 saturated carbocycles. The van der Waals surface area contributed by atoms with Gasteiger partial charge < -0.3 is 14.2 Å². The molecule has 27 heavy (non-hydrogen) atoms. The minimum atomic E-state index is -0.617. The maximum absolute atomic E-state index is 12.5. The van der Waals surface area contributed by atoms with Gasteiger partial charge in [0.1, 0.15) is 17.2 Å². The molecule has 0 saturated heterocycles. The van der Waals surface area contributed by atoms with Crippen LogP contribution < -0.4 is 14.2 Å². The first-order chi connectivity index (χ1) is 12.8. The highest BCUT2D eigenvalue weighted by molar-refractivity contribution is 6.14. The molecule has 0 atom stereocenters. The van der Waals surface area contributed by atoms with Crippen molar-refractivity contribution in [1.29, 1.82) is 0 Å². The third kappa shape index (κ3) is 4.19. The van der Waals surface area contributed by atoms with E-state index in [1.54, 1.807) is 45.0 Å². The molecule has 1 aliphatic rings. The second-order valence-electron chi connectivity index (χ2n) is 7.24. The summed E-state index contributed by atoms with van der Waals surface area (Å²) in [4.78, 5) is 24.6. The van der Waals surface area contributed by atoms with Gasteiger partial charge in [0.05, 0.1) is 17.6 Å². The van der Waals surface area contributed by atoms with E-state index >= 15 is 0 Å². The molecule has 5 heteroatoms. The van der Waals surface area contributed by atoms with Crippen LogP contribution in [0, 0.1) is 5.41 Å². The van der Waals surface area contributed by atoms with Crippen molar-refractivity contribution in [2.24, 2.45) is 5.41 Å². The first kappa shape index (κ1) is 18.7. The molecule has 0 N–H and O–H groups in total. The normalized spacial score (nSPS) is 14.7. The van der Waals surface area contributed by atoms with Gasteiger partial charge in [0.25, 0.3) is 0 Å². The third-order valence-corrected chi connectivity index (χ3v) is 3.95. The molecule has 1 aliphatic heterocycles. The average molecular weight is 366 g/mol. The zero-order chi connectivity index (χ0) is 19.6. The molecule has 0 radical (unpaired) electrons. The summed E-state index contributed by atoms with van der Waals surface area (Å²) in [5.74, 6) is 1.19. The van der Waals surface area contributed by atoms with Crippen molar-refractivity contribution in [2.75, 3.05) is 6.61 Å². The number of benzene rings is 2. The number of Topliss-reactive ketones (excluding diaryl/α,β-unsaturated/α-hetero) is 1. The lowest BCUT2D eigenvalue weighted by atomic mass is 9.97. The summed E-state index contributed by atoms with van der Waals surface area (Å²) in [5, 5.41) is 0. The Hall–Kier alpha value is -3.08. The molecule has 140 valence electrons. The van der Waals surface area contributed by atoms with Crippen LogP contribution >= 0.6 is 0 Å². The van der Waals surface area contributed by atoms with Crippen LogP contribution in [0.5, 0.6) is 17.2 Å². The predicted octanol–water partition coefficient (Wildman–Crippen LogP) is 4.65. The van der Waals surface area contributed by atoms with E-state index in [1.807, 2.05) is 31.2 Å². The zero-order valence-corrected chi connectivity index (χ0v) is 15.9. The Labute approximate surface area is 158 Å². The molecule has 0 spiro atoms. The molecule has 2 aromatic carbocycles. The van der Waals surface area contributed by atoms with Gasteiger partial charge >= 0.3 is 5.97 Å². The number of fused-ring (bicyclic) bond motifs is 1. The van der Waals surface area contributed by atoms with Crippen LogP contribution in [-0.4, -0.2) is 18.4 Å². The average Bonchev–Trinajstić information content (AvgIpc) is 2.91. The summed E-state index contributed by atoms with van der Waals surface area (Å²) >= 11 is 0. The van der Waals surface area contributed by atoms with Crippen LogP contribution in [0.25, 0.3) is 6.08 Å². The maximum atomic E-state index is 12.5. The third-order valence-electron chi connectivity index (χ3n) is 3.95. The Morgan fingerprint density at radius 1 is 1.07 bits per heavy atom. The van der Waals surface area contributed by atoms with Gasteiger partial charge in [0.2, 0.25) is 5.78 Å². The van der Waals surface area contributed by atoms with E-state index in [0.717, 1.165) is 11.3 Å². The molecule has 0 amide bonds. The van der Waals surface area contributed by atoms with E-state index in [-0.39, 0.29) is 17.5 Å². The Balaban J connectivity index is 1.79. The Bertz CT molecular complexity index is 901. The van der Waals surface area contributed by atoms with Crippen molar-refractivity contribution in [2.45, 2.75) is 27.7 Å². The molecule has 3 rings (SSSR count). The van der Waals surface area contributed by atoms with Gasteiger partial charge in [-0.25, -0.2) is 0 Å². The second kappa shape index (κ2) is 7.27. The summed E-state index contributed by atoms with van der Waals surface area (Å²) in [6, 6.07) is 12.2. The van der Waals surface area contributed by atoms with Crippen molar-refractivity contribution >= 4 is 17.8 Å². The Morgan fingerprint density at radius 3 is 2.37 bits per heavy atom. The number of esters is 1. The van der Waals surface area contributed by atoms with Crippen LogP contribution in [0.15, 0.2) is 48.2 Å². The SMILES string of the molecule is CCOc1ccc(/C=C2\Oc3cc(OC(=O)C(C)(C)C)ccc3C2=O)cc1. The lowest BCUT2D eigenvalue weighted by molar-refractivity contribution is -0.143. The van der Waals surface area contributed by atoms with Crippen molar-refractivity contribution in [3.05, 3.63) is 59.4 Å². The topological polar surface area (TPSA) is 61.8 Å². The summed E-state index contributed by atoms with van der Waals surface area (Å²) in [7, 11) is 0. The molecular formula is C22H22O5. The van der Waals surface area contributed by atoms with Gasteiger partial charge in [-0.05, 0) is 63.6 Å². The minimum absolute atomic E-state index is 0.201. The van der Waals surface area contributed by atoms with E-state index in [2.05, 4.69) is 0 Å². The highest BCUT2D eigenvalue weighted by atomic mass is 16.5. The number of hydrogen-bond donors (Lipinski definition) is 0. The van der Waals surface area contributed by atoms with Gasteiger partial charge in [-0.1, -0.05) is 12.1 Å². The van der Waals surface area contributed by atoms with E-state index in [0.29, 0.717) is 23.7 Å². The van der Waals surface area contributed by atoms with Crippen molar-refractivity contribution in [3.63, 3.8) is 0 Å². The quantitative estimate of drug-likeness (QED) is 0.448. The lowest BCUT2D eigenvalue weighted by Crippen LogP contribution is -2.25. The largest absolute Gasteiger partial charge is 0.494 e. The van der Waals surface area contributed by atoms with Crippen LogP contribution in [0.4, 0.5) is 0 Å². The van der Waals surface area contributed by atoms with Gasteiger partial charge in [0.15, 0.2) is 5.76 Å². The molecular weight excluding hydrogens is 344 g/mol. The number of allylic oxidation sites excluding steroid dienone is 1. The van der Waals surface area contributed by atoms with Crippen molar-refractivity contribution in [3.8, 4) is 17.2 Å². The number of ether oxygens (including phenoxy) is 3. The van der Waals surface area contributed by atoms with Crippen LogP contribution in [0.1, 0.15) is 43.6 Å². The molecule has 0 fully saturated rings. The van der Waals surface area contributed by atoms with Crippen LogP contribution in [0.3, 0.4) is 0 Å². The van der Waals surface area contributed by atoms with Crippen LogP contribution in [0.2, 0.25) is 0 Å². The number of rotatable bonds is 4. The summed E-state index contributed by atoms with van der Waals surface area (Å²) in [6.07, 6.45) is 1.68. The molecule has 0 unspecified atom stereocenters. The molecule has 0 aromatic heterocycles. The Morgan fingerprint density at radius 2 is 1.74 bits per heavy atom.